The first-order valence-corrected chi connectivity index (χ1v) is 5.03. The zero-order chi connectivity index (χ0) is 12.5. The Morgan fingerprint density at radius 1 is 0.938 bits per heavy atom. The number of imide groups is 2. The molecule has 4 amide bonds. The van der Waals surface area contributed by atoms with Crippen molar-refractivity contribution in [3.63, 3.8) is 0 Å². The van der Waals surface area contributed by atoms with E-state index in [4.69, 9.17) is 11.5 Å². The molecule has 1 rings (SSSR count). The molecule has 7 heteroatoms. The molecule has 1 saturated heterocycles. The molecule has 1 aliphatic rings. The van der Waals surface area contributed by atoms with Crippen LogP contribution in [0.5, 0.6) is 0 Å². The maximum atomic E-state index is 11.7. The van der Waals surface area contributed by atoms with E-state index in [0.717, 1.165) is 9.80 Å². The number of carbonyl (C=O) groups is 3. The van der Waals surface area contributed by atoms with Gasteiger partial charge in [0.25, 0.3) is 0 Å². The quantitative estimate of drug-likeness (QED) is 0.448. The normalized spacial score (nSPS) is 20.6. The highest BCUT2D eigenvalue weighted by Gasteiger charge is 2.44. The molecule has 0 aromatic heterocycles. The van der Waals surface area contributed by atoms with E-state index in [0.29, 0.717) is 0 Å². The van der Waals surface area contributed by atoms with E-state index in [9.17, 15) is 14.4 Å². The van der Waals surface area contributed by atoms with Gasteiger partial charge in [0.2, 0.25) is 0 Å². The van der Waals surface area contributed by atoms with Crippen molar-refractivity contribution in [1.29, 1.82) is 0 Å². The molecule has 0 bridgehead atoms. The third-order valence-electron chi connectivity index (χ3n) is 2.08. The summed E-state index contributed by atoms with van der Waals surface area (Å²) in [6, 6.07) is -1.36. The van der Waals surface area contributed by atoms with Gasteiger partial charge in [-0.15, -0.1) is 0 Å². The molecule has 16 heavy (non-hydrogen) atoms. The van der Waals surface area contributed by atoms with Crippen molar-refractivity contribution in [2.24, 2.45) is 11.5 Å². The molecular formula is C9H16N4O3. The summed E-state index contributed by atoms with van der Waals surface area (Å²) in [4.78, 5) is 36.3. The van der Waals surface area contributed by atoms with Crippen molar-refractivity contribution < 1.29 is 14.4 Å². The van der Waals surface area contributed by atoms with Crippen molar-refractivity contribution in [3.8, 4) is 0 Å². The molecule has 1 fully saturated rings. The second-order valence-corrected chi connectivity index (χ2v) is 4.07. The number of rotatable bonds is 4. The van der Waals surface area contributed by atoms with E-state index in [1.807, 2.05) is 0 Å². The van der Waals surface area contributed by atoms with Crippen LogP contribution in [0.4, 0.5) is 4.79 Å². The molecule has 0 spiro atoms. The Morgan fingerprint density at radius 3 is 1.50 bits per heavy atom. The standard InChI is InChI=1S/C9H16N4O3/c1-5(10)3-12-7(14)8(15)13(9(12)16)4-6(2)11/h5-6H,3-4,10-11H2,1-2H3. The number of nitrogens with zero attached hydrogens (tertiary/aromatic N) is 2. The van der Waals surface area contributed by atoms with Crippen LogP contribution in [0.2, 0.25) is 0 Å². The molecule has 7 nitrogen and oxygen atoms in total. The molecule has 0 saturated carbocycles. The van der Waals surface area contributed by atoms with E-state index in [1.165, 1.54) is 0 Å². The summed E-state index contributed by atoms with van der Waals surface area (Å²) in [5.74, 6) is -1.66. The molecular weight excluding hydrogens is 212 g/mol. The number of amides is 4. The van der Waals surface area contributed by atoms with Gasteiger partial charge in [-0.05, 0) is 13.8 Å². The molecule has 1 aliphatic heterocycles. The van der Waals surface area contributed by atoms with E-state index in [2.05, 4.69) is 0 Å². The van der Waals surface area contributed by atoms with Gasteiger partial charge in [0.15, 0.2) is 0 Å². The maximum Gasteiger partial charge on any atom is 0.334 e. The molecule has 0 radical (unpaired) electrons. The van der Waals surface area contributed by atoms with Gasteiger partial charge >= 0.3 is 17.8 Å². The van der Waals surface area contributed by atoms with Crippen LogP contribution >= 0.6 is 0 Å². The third kappa shape index (κ3) is 2.37. The summed E-state index contributed by atoms with van der Waals surface area (Å²) in [5.41, 5.74) is 11.0. The molecule has 2 unspecified atom stereocenters. The van der Waals surface area contributed by atoms with Crippen LogP contribution < -0.4 is 11.5 Å². The van der Waals surface area contributed by atoms with Gasteiger partial charge in [-0.25, -0.2) is 4.79 Å². The van der Waals surface area contributed by atoms with Gasteiger partial charge in [-0.2, -0.15) is 0 Å². The molecule has 1 heterocycles. The monoisotopic (exact) mass is 228 g/mol. The summed E-state index contributed by atoms with van der Waals surface area (Å²) in [7, 11) is 0. The fourth-order valence-corrected chi connectivity index (χ4v) is 1.45. The summed E-state index contributed by atoms with van der Waals surface area (Å²) in [6.07, 6.45) is 0. The van der Waals surface area contributed by atoms with E-state index < -0.39 is 17.8 Å². The summed E-state index contributed by atoms with van der Waals surface area (Å²) >= 11 is 0. The molecule has 0 aromatic rings. The summed E-state index contributed by atoms with van der Waals surface area (Å²) in [5, 5.41) is 0. The van der Waals surface area contributed by atoms with Crippen molar-refractivity contribution in [1.82, 2.24) is 9.80 Å². The summed E-state index contributed by atoms with van der Waals surface area (Å²) < 4.78 is 0. The van der Waals surface area contributed by atoms with Crippen molar-refractivity contribution in [3.05, 3.63) is 0 Å². The van der Waals surface area contributed by atoms with Crippen LogP contribution in [0.3, 0.4) is 0 Å². The Bertz CT molecular complexity index is 297. The van der Waals surface area contributed by atoms with Gasteiger partial charge in [0.05, 0.1) is 0 Å². The maximum absolute atomic E-state index is 11.7. The number of urea groups is 1. The molecule has 90 valence electrons. The first kappa shape index (κ1) is 12.6. The topological polar surface area (TPSA) is 110 Å². The second kappa shape index (κ2) is 4.58. The average molecular weight is 228 g/mol. The highest BCUT2D eigenvalue weighted by Crippen LogP contribution is 2.12. The Kier molecular flexibility index (Phi) is 3.61. The Labute approximate surface area is 93.3 Å². The highest BCUT2D eigenvalue weighted by atomic mass is 16.2. The Morgan fingerprint density at radius 2 is 1.25 bits per heavy atom. The van der Waals surface area contributed by atoms with Crippen LogP contribution in [0.25, 0.3) is 0 Å². The minimum absolute atomic E-state index is 0.0405. The first-order chi connectivity index (χ1) is 7.34. The lowest BCUT2D eigenvalue weighted by molar-refractivity contribution is -0.143. The SMILES string of the molecule is CC(N)CN1C(=O)C(=O)N(CC(C)N)C1=O. The van der Waals surface area contributed by atoms with E-state index in [-0.39, 0.29) is 25.2 Å². The van der Waals surface area contributed by atoms with Crippen LogP contribution in [0.1, 0.15) is 13.8 Å². The van der Waals surface area contributed by atoms with Crippen molar-refractivity contribution in [2.75, 3.05) is 13.1 Å². The fourth-order valence-electron chi connectivity index (χ4n) is 1.45. The smallest absolute Gasteiger partial charge is 0.326 e. The highest BCUT2D eigenvalue weighted by molar-refractivity contribution is 6.44. The predicted molar refractivity (Wildman–Crippen MR) is 56.1 cm³/mol. The Balaban J connectivity index is 2.82. The fraction of sp³-hybridized carbons (Fsp3) is 0.667. The lowest BCUT2D eigenvalue weighted by Gasteiger charge is -2.18. The third-order valence-corrected chi connectivity index (χ3v) is 2.08. The van der Waals surface area contributed by atoms with Crippen LogP contribution in [-0.4, -0.2) is 52.8 Å². The molecule has 0 aliphatic carbocycles. The lowest BCUT2D eigenvalue weighted by atomic mass is 10.3. The Hall–Kier alpha value is -1.47. The zero-order valence-electron chi connectivity index (χ0n) is 9.34. The number of hydrogen-bond donors (Lipinski definition) is 2. The molecule has 0 aromatic carbocycles. The number of nitrogens with two attached hydrogens (primary N) is 2. The predicted octanol–water partition coefficient (Wildman–Crippen LogP) is -1.53. The van der Waals surface area contributed by atoms with Crippen LogP contribution in [-0.2, 0) is 9.59 Å². The first-order valence-electron chi connectivity index (χ1n) is 5.03. The van der Waals surface area contributed by atoms with Gasteiger partial charge in [0.1, 0.15) is 0 Å². The van der Waals surface area contributed by atoms with Gasteiger partial charge in [0, 0.05) is 25.2 Å². The zero-order valence-corrected chi connectivity index (χ0v) is 9.34. The number of hydrogen-bond acceptors (Lipinski definition) is 5. The minimum atomic E-state index is -0.831. The summed E-state index contributed by atoms with van der Waals surface area (Å²) in [6.45, 7) is 3.39. The van der Waals surface area contributed by atoms with Crippen LogP contribution in [0.15, 0.2) is 0 Å². The molecule has 4 N–H and O–H groups in total. The van der Waals surface area contributed by atoms with Crippen molar-refractivity contribution >= 4 is 17.8 Å². The lowest BCUT2D eigenvalue weighted by Crippen LogP contribution is -2.42. The number of carbonyl (C=O) groups excluding carboxylic acids is 3. The second-order valence-electron chi connectivity index (χ2n) is 4.07. The largest absolute Gasteiger partial charge is 0.334 e. The van der Waals surface area contributed by atoms with Crippen LogP contribution in [0, 0.1) is 0 Å². The van der Waals surface area contributed by atoms with Crippen molar-refractivity contribution in [2.45, 2.75) is 25.9 Å². The van der Waals surface area contributed by atoms with Gasteiger partial charge in [-0.1, -0.05) is 0 Å². The van der Waals surface area contributed by atoms with Gasteiger partial charge < -0.3 is 11.5 Å². The van der Waals surface area contributed by atoms with E-state index in [1.54, 1.807) is 13.8 Å². The minimum Gasteiger partial charge on any atom is -0.326 e. The molecule has 2 atom stereocenters. The van der Waals surface area contributed by atoms with E-state index >= 15 is 0 Å². The average Bonchev–Trinajstić information content (AvgIpc) is 2.34. The van der Waals surface area contributed by atoms with Gasteiger partial charge in [-0.3, -0.25) is 19.4 Å².